The molecule has 2 aromatic carbocycles. The first kappa shape index (κ1) is 21.4. The average molecular weight is 404 g/mol. The van der Waals surface area contributed by atoms with Gasteiger partial charge < -0.3 is 0 Å². The van der Waals surface area contributed by atoms with Crippen LogP contribution in [0, 0.1) is 0 Å². The molecule has 0 atom stereocenters. The van der Waals surface area contributed by atoms with Gasteiger partial charge >= 0.3 is 0 Å². The van der Waals surface area contributed by atoms with E-state index in [9.17, 15) is 4.57 Å². The molecule has 0 radical (unpaired) electrons. The van der Waals surface area contributed by atoms with Crippen molar-refractivity contribution in [2.45, 2.75) is 58.0 Å². The molecule has 1 aromatic heterocycles. The fourth-order valence-corrected chi connectivity index (χ4v) is 4.26. The maximum absolute atomic E-state index is 11.9. The van der Waals surface area contributed by atoms with Crippen molar-refractivity contribution in [2.24, 2.45) is 0 Å². The third-order valence-corrected chi connectivity index (χ3v) is 7.02. The third kappa shape index (κ3) is 4.82. The zero-order chi connectivity index (χ0) is 20.7. The molecule has 3 rings (SSSR count). The molecular weight excluding hydrogens is 373 g/mol. The summed E-state index contributed by atoms with van der Waals surface area (Å²) in [5.74, 6) is 0. The number of rotatable bonds is 9. The molecule has 29 heavy (non-hydrogen) atoms. The molecule has 0 saturated heterocycles. The second-order valence-electron chi connectivity index (χ2n) is 7.62. The number of unbranched alkanes of at least 4 members (excludes halogenated alkanes) is 1. The van der Waals surface area contributed by atoms with Gasteiger partial charge in [-0.3, -0.25) is 9.55 Å². The Balaban J connectivity index is 1.97. The first-order valence-corrected chi connectivity index (χ1v) is 11.5. The normalized spacial score (nSPS) is 11.7. The van der Waals surface area contributed by atoms with Crippen LogP contribution in [0.2, 0.25) is 0 Å². The van der Waals surface area contributed by atoms with Crippen molar-refractivity contribution in [1.29, 1.82) is 0 Å². The van der Waals surface area contributed by atoms with Crippen LogP contribution in [0.25, 0.3) is 22.4 Å². The van der Waals surface area contributed by atoms with Crippen molar-refractivity contribution >= 4 is 8.46 Å². The molecule has 0 aliphatic heterocycles. The van der Waals surface area contributed by atoms with Crippen LogP contribution in [0.5, 0.6) is 0 Å². The Labute approximate surface area is 176 Å². The molecular formula is C26H30NOP. The molecule has 150 valence electrons. The zero-order valence-electron chi connectivity index (χ0n) is 17.7. The molecule has 0 N–H and O–H groups in total. The minimum absolute atomic E-state index is 0.141. The summed E-state index contributed by atoms with van der Waals surface area (Å²) in [6.45, 7) is 6.39. The Bertz CT molecular complexity index is 962. The van der Waals surface area contributed by atoms with E-state index in [0.29, 0.717) is 0 Å². The van der Waals surface area contributed by atoms with Gasteiger partial charge in [-0.25, -0.2) is 0 Å². The number of hydrogen-bond donors (Lipinski definition) is 0. The van der Waals surface area contributed by atoms with E-state index in [1.54, 1.807) is 0 Å². The lowest BCUT2D eigenvalue weighted by Crippen LogP contribution is -2.18. The zero-order valence-corrected chi connectivity index (χ0v) is 18.6. The molecule has 0 unspecified atom stereocenters. The van der Waals surface area contributed by atoms with Crippen LogP contribution in [0.4, 0.5) is 0 Å². The molecule has 0 amide bonds. The van der Waals surface area contributed by atoms with Crippen molar-refractivity contribution in [3.63, 3.8) is 0 Å². The average Bonchev–Trinajstić information content (AvgIpc) is 2.80. The standard InChI is InChI=1S/C26H30NOP/c1-4-7-11-20-12-8-13-21(18-20)22-14-9-15-23(19-22)24-16-10-17-25(27-24)26(5-2,6-3)29-28/h8-10,12-19H,4-7,11H2,1-3H3. The van der Waals surface area contributed by atoms with Gasteiger partial charge in [0.25, 0.3) is 0 Å². The summed E-state index contributed by atoms with van der Waals surface area (Å²) in [7, 11) is 0.141. The lowest BCUT2D eigenvalue weighted by atomic mass is 9.96. The molecule has 0 saturated carbocycles. The number of benzene rings is 2. The lowest BCUT2D eigenvalue weighted by Gasteiger charge is -2.23. The summed E-state index contributed by atoms with van der Waals surface area (Å²) in [6.07, 6.45) is 5.15. The fourth-order valence-electron chi connectivity index (χ4n) is 3.79. The topological polar surface area (TPSA) is 30.0 Å². The third-order valence-electron chi connectivity index (χ3n) is 5.81. The fraction of sp³-hybridized carbons (Fsp3) is 0.346. The largest absolute Gasteiger partial charge is 0.274 e. The van der Waals surface area contributed by atoms with Crippen LogP contribution < -0.4 is 0 Å². The van der Waals surface area contributed by atoms with Crippen LogP contribution in [0.1, 0.15) is 57.7 Å². The number of hydrogen-bond acceptors (Lipinski definition) is 2. The summed E-state index contributed by atoms with van der Waals surface area (Å²) in [4.78, 5) is 4.91. The maximum Gasteiger partial charge on any atom is 0.168 e. The Morgan fingerprint density at radius 1 is 0.828 bits per heavy atom. The van der Waals surface area contributed by atoms with E-state index in [0.717, 1.165) is 36.2 Å². The first-order chi connectivity index (χ1) is 14.2. The van der Waals surface area contributed by atoms with E-state index in [1.807, 2.05) is 18.2 Å². The van der Waals surface area contributed by atoms with Gasteiger partial charge in [0.2, 0.25) is 0 Å². The van der Waals surface area contributed by atoms with Crippen molar-refractivity contribution in [2.75, 3.05) is 0 Å². The maximum atomic E-state index is 11.9. The van der Waals surface area contributed by atoms with Gasteiger partial charge in [0.1, 0.15) is 0 Å². The molecule has 0 aliphatic carbocycles. The predicted molar refractivity (Wildman–Crippen MR) is 124 cm³/mol. The van der Waals surface area contributed by atoms with E-state index in [2.05, 4.69) is 69.3 Å². The second-order valence-corrected chi connectivity index (χ2v) is 8.66. The minimum Gasteiger partial charge on any atom is -0.274 e. The van der Waals surface area contributed by atoms with E-state index >= 15 is 0 Å². The Morgan fingerprint density at radius 3 is 2.17 bits per heavy atom. The SMILES string of the molecule is CCCCc1cccc(-c2cccc(-c3cccc(C(CC)(CC)P=O)n3)c2)c1. The van der Waals surface area contributed by atoms with Gasteiger partial charge in [-0.1, -0.05) is 75.7 Å². The Kier molecular flexibility index (Phi) is 7.34. The van der Waals surface area contributed by atoms with Crippen molar-refractivity contribution in [3.05, 3.63) is 78.0 Å². The molecule has 0 spiro atoms. The molecule has 0 bridgehead atoms. The van der Waals surface area contributed by atoms with E-state index in [4.69, 9.17) is 4.98 Å². The number of pyridine rings is 1. The highest BCUT2D eigenvalue weighted by molar-refractivity contribution is 7.25. The molecule has 0 fully saturated rings. The van der Waals surface area contributed by atoms with Crippen LogP contribution in [0.3, 0.4) is 0 Å². The summed E-state index contributed by atoms with van der Waals surface area (Å²) in [5.41, 5.74) is 6.76. The predicted octanol–water partition coefficient (Wildman–Crippen LogP) is 8.07. The summed E-state index contributed by atoms with van der Waals surface area (Å²) >= 11 is 0. The van der Waals surface area contributed by atoms with E-state index in [1.165, 1.54) is 29.5 Å². The molecule has 1 heterocycles. The van der Waals surface area contributed by atoms with Crippen molar-refractivity contribution in [1.82, 2.24) is 4.98 Å². The van der Waals surface area contributed by atoms with Crippen LogP contribution in [-0.2, 0) is 16.1 Å². The first-order valence-electron chi connectivity index (χ1n) is 10.7. The number of aromatic nitrogens is 1. The number of aryl methyl sites for hydroxylation is 1. The highest BCUT2D eigenvalue weighted by atomic mass is 31.1. The second kappa shape index (κ2) is 9.94. The van der Waals surface area contributed by atoms with Crippen molar-refractivity contribution in [3.8, 4) is 22.4 Å². The molecule has 0 aliphatic rings. The molecule has 2 nitrogen and oxygen atoms in total. The van der Waals surface area contributed by atoms with Crippen LogP contribution >= 0.6 is 8.46 Å². The van der Waals surface area contributed by atoms with Gasteiger partial charge in [0.05, 0.1) is 16.5 Å². The van der Waals surface area contributed by atoms with E-state index < -0.39 is 5.16 Å². The van der Waals surface area contributed by atoms with Gasteiger partial charge in [-0.05, 0) is 60.6 Å². The summed E-state index contributed by atoms with van der Waals surface area (Å²) in [5, 5.41) is -0.402. The highest BCUT2D eigenvalue weighted by Crippen LogP contribution is 2.41. The Hall–Kier alpha value is -2.31. The highest BCUT2D eigenvalue weighted by Gasteiger charge is 2.31. The van der Waals surface area contributed by atoms with Crippen LogP contribution in [0.15, 0.2) is 66.7 Å². The van der Waals surface area contributed by atoms with Crippen molar-refractivity contribution < 1.29 is 4.57 Å². The quantitative estimate of drug-likeness (QED) is 0.338. The molecule has 3 aromatic rings. The summed E-state index contributed by atoms with van der Waals surface area (Å²) < 4.78 is 11.9. The van der Waals surface area contributed by atoms with Gasteiger partial charge in [-0.15, -0.1) is 0 Å². The van der Waals surface area contributed by atoms with Gasteiger partial charge in [0.15, 0.2) is 8.46 Å². The smallest absolute Gasteiger partial charge is 0.168 e. The minimum atomic E-state index is -0.402. The van der Waals surface area contributed by atoms with E-state index in [-0.39, 0.29) is 8.46 Å². The number of nitrogens with zero attached hydrogens (tertiary/aromatic N) is 1. The van der Waals surface area contributed by atoms with Gasteiger partial charge in [0, 0.05) is 5.56 Å². The summed E-state index contributed by atoms with van der Waals surface area (Å²) in [6, 6.07) is 23.5. The van der Waals surface area contributed by atoms with Crippen LogP contribution in [-0.4, -0.2) is 4.98 Å². The molecule has 3 heteroatoms. The Morgan fingerprint density at radius 2 is 1.48 bits per heavy atom. The van der Waals surface area contributed by atoms with Gasteiger partial charge in [-0.2, -0.15) is 0 Å². The lowest BCUT2D eigenvalue weighted by molar-refractivity contribution is 0.512. The monoisotopic (exact) mass is 403 g/mol.